The number of aldehydes is 1. The van der Waals surface area contributed by atoms with Crippen molar-refractivity contribution >= 4 is 24.5 Å². The molecule has 0 spiro atoms. The van der Waals surface area contributed by atoms with Gasteiger partial charge in [-0.15, -0.1) is 0 Å². The second kappa shape index (κ2) is 20.6. The Balaban J connectivity index is -0.00000105. The fraction of sp³-hybridized carbons (Fsp3) is 0.739. The zero-order valence-electron chi connectivity index (χ0n) is 21.5. The molecule has 0 saturated carbocycles. The van der Waals surface area contributed by atoms with E-state index in [2.05, 4.69) is 36.9 Å². The van der Waals surface area contributed by atoms with E-state index in [4.69, 9.17) is 4.74 Å². The number of carbonyl (C=O) groups is 4. The van der Waals surface area contributed by atoms with Gasteiger partial charge in [0.15, 0.2) is 0 Å². The number of nitrogens with zero attached hydrogens (tertiary/aromatic N) is 1. The van der Waals surface area contributed by atoms with Crippen LogP contribution < -0.4 is 16.2 Å². The number of ether oxygens (including phenoxy) is 1. The standard InChI is InChI=1S/C19H34N2O4.C2H6N2O.C2H6/c1-7-11-19(4,5)25-15-12-18(2,3)20-16(23)10-13-21(6)17(24)9-8-14-22;1-3-4-2-5;1-2/h8-9,14H,7,10-13,15H2,1-6H3,(H,20,23);2-3H,1H3,(H,4,5);1-2H3/b9-8-;;. The molecule has 0 unspecified atom stereocenters. The SMILES string of the molecule is CC.CCCC(C)(C)OCCC(C)(C)NC(=O)CCN(C)C(=O)/C=C\C=O.CNNC=O. The van der Waals surface area contributed by atoms with Gasteiger partial charge >= 0.3 is 0 Å². The summed E-state index contributed by atoms with van der Waals surface area (Å²) in [5.41, 5.74) is 4.06. The Labute approximate surface area is 194 Å². The summed E-state index contributed by atoms with van der Waals surface area (Å²) in [6, 6.07) is 0. The van der Waals surface area contributed by atoms with Crippen LogP contribution in [0.15, 0.2) is 12.2 Å². The largest absolute Gasteiger partial charge is 0.375 e. The minimum atomic E-state index is -0.376. The van der Waals surface area contributed by atoms with E-state index in [9.17, 15) is 19.2 Å². The number of allylic oxidation sites excluding steroid dienone is 1. The van der Waals surface area contributed by atoms with Crippen LogP contribution in [0, 0.1) is 0 Å². The molecule has 0 bridgehead atoms. The van der Waals surface area contributed by atoms with E-state index in [1.54, 1.807) is 14.1 Å². The molecule has 0 fully saturated rings. The summed E-state index contributed by atoms with van der Waals surface area (Å²) in [6.07, 6.45) is 6.43. The highest BCUT2D eigenvalue weighted by Gasteiger charge is 2.23. The highest BCUT2D eigenvalue weighted by Crippen LogP contribution is 2.18. The van der Waals surface area contributed by atoms with Crippen LogP contribution in [0.25, 0.3) is 0 Å². The maximum Gasteiger partial charge on any atom is 0.246 e. The predicted molar refractivity (Wildman–Crippen MR) is 129 cm³/mol. The Kier molecular flexibility index (Phi) is 22.2. The lowest BCUT2D eigenvalue weighted by molar-refractivity contribution is -0.127. The molecule has 0 saturated heterocycles. The van der Waals surface area contributed by atoms with Crippen molar-refractivity contribution in [2.24, 2.45) is 0 Å². The van der Waals surface area contributed by atoms with Crippen molar-refractivity contribution in [3.63, 3.8) is 0 Å². The zero-order valence-corrected chi connectivity index (χ0v) is 21.5. The van der Waals surface area contributed by atoms with Crippen LogP contribution in [0.5, 0.6) is 0 Å². The van der Waals surface area contributed by atoms with Crippen molar-refractivity contribution in [3.8, 4) is 0 Å². The third-order valence-electron chi connectivity index (χ3n) is 4.12. The number of likely N-dealkylation sites (N-methyl/N-ethyl adjacent to an activating group) is 1. The van der Waals surface area contributed by atoms with E-state index in [0.717, 1.165) is 18.9 Å². The minimum absolute atomic E-state index is 0.114. The first-order valence-electron chi connectivity index (χ1n) is 11.1. The lowest BCUT2D eigenvalue weighted by atomic mass is 10.00. The number of hydrogen-bond acceptors (Lipinski definition) is 6. The van der Waals surface area contributed by atoms with Gasteiger partial charge in [0.05, 0.1) is 5.60 Å². The molecule has 0 heterocycles. The van der Waals surface area contributed by atoms with E-state index < -0.39 is 0 Å². The van der Waals surface area contributed by atoms with Gasteiger partial charge in [0, 0.05) is 45.3 Å². The van der Waals surface area contributed by atoms with Crippen LogP contribution in [0.1, 0.15) is 74.1 Å². The predicted octanol–water partition coefficient (Wildman–Crippen LogP) is 2.36. The Morgan fingerprint density at radius 3 is 2.09 bits per heavy atom. The topological polar surface area (TPSA) is 117 Å². The van der Waals surface area contributed by atoms with Crippen molar-refractivity contribution in [1.82, 2.24) is 21.1 Å². The highest BCUT2D eigenvalue weighted by molar-refractivity contribution is 5.91. The van der Waals surface area contributed by atoms with Crippen LogP contribution in [0.3, 0.4) is 0 Å². The molecule has 188 valence electrons. The van der Waals surface area contributed by atoms with Gasteiger partial charge in [-0.25, -0.2) is 5.43 Å². The average molecular weight is 459 g/mol. The Morgan fingerprint density at radius 1 is 1.06 bits per heavy atom. The number of hydrogen-bond donors (Lipinski definition) is 3. The first kappa shape index (κ1) is 34.4. The molecule has 3 amide bonds. The first-order valence-corrected chi connectivity index (χ1v) is 11.1. The van der Waals surface area contributed by atoms with Gasteiger partial charge in [0.25, 0.3) is 0 Å². The Hall–Kier alpha value is -2.26. The minimum Gasteiger partial charge on any atom is -0.375 e. The fourth-order valence-electron chi connectivity index (χ4n) is 2.45. The lowest BCUT2D eigenvalue weighted by Gasteiger charge is -2.30. The van der Waals surface area contributed by atoms with Crippen LogP contribution in [0.4, 0.5) is 0 Å². The molecule has 0 atom stereocenters. The van der Waals surface area contributed by atoms with Crippen molar-refractivity contribution in [2.75, 3.05) is 27.2 Å². The van der Waals surface area contributed by atoms with Crippen molar-refractivity contribution < 1.29 is 23.9 Å². The zero-order chi connectivity index (χ0) is 25.6. The smallest absolute Gasteiger partial charge is 0.246 e. The second-order valence-corrected chi connectivity index (χ2v) is 8.06. The number of amides is 3. The molecule has 0 aromatic heterocycles. The summed E-state index contributed by atoms with van der Waals surface area (Å²) < 4.78 is 5.91. The number of carbonyl (C=O) groups excluding carboxylic acids is 4. The third-order valence-corrected chi connectivity index (χ3v) is 4.12. The summed E-state index contributed by atoms with van der Waals surface area (Å²) >= 11 is 0. The quantitative estimate of drug-likeness (QED) is 0.209. The fourth-order valence-corrected chi connectivity index (χ4v) is 2.45. The van der Waals surface area contributed by atoms with Crippen LogP contribution in [-0.4, -0.2) is 67.8 Å². The van der Waals surface area contributed by atoms with E-state index in [1.807, 2.05) is 27.7 Å². The van der Waals surface area contributed by atoms with E-state index in [0.29, 0.717) is 32.3 Å². The van der Waals surface area contributed by atoms with E-state index >= 15 is 0 Å². The monoisotopic (exact) mass is 458 g/mol. The summed E-state index contributed by atoms with van der Waals surface area (Å²) in [6.45, 7) is 15.1. The van der Waals surface area contributed by atoms with E-state index in [-0.39, 0.29) is 29.4 Å². The number of nitrogens with one attached hydrogen (secondary N) is 3. The normalized spacial score (nSPS) is 10.8. The Morgan fingerprint density at radius 2 is 1.66 bits per heavy atom. The molecular formula is C23H46N4O5. The summed E-state index contributed by atoms with van der Waals surface area (Å²) in [5.74, 6) is -0.414. The molecule has 9 nitrogen and oxygen atoms in total. The van der Waals surface area contributed by atoms with E-state index in [1.165, 1.54) is 11.0 Å². The number of rotatable bonds is 14. The molecule has 0 rings (SSSR count). The highest BCUT2D eigenvalue weighted by atomic mass is 16.5. The van der Waals surface area contributed by atoms with Gasteiger partial charge in [-0.05, 0) is 46.6 Å². The molecule has 3 N–H and O–H groups in total. The summed E-state index contributed by atoms with van der Waals surface area (Å²) in [7, 11) is 3.22. The molecule has 0 aliphatic carbocycles. The third kappa shape index (κ3) is 22.4. The number of hydrazine groups is 1. The molecular weight excluding hydrogens is 412 g/mol. The van der Waals surface area contributed by atoms with Gasteiger partial charge < -0.3 is 15.0 Å². The van der Waals surface area contributed by atoms with Crippen LogP contribution >= 0.6 is 0 Å². The summed E-state index contributed by atoms with van der Waals surface area (Å²) in [5, 5.41) is 2.98. The Bertz CT molecular complexity index is 549. The maximum absolute atomic E-state index is 12.1. The van der Waals surface area contributed by atoms with Crippen molar-refractivity contribution in [2.45, 2.75) is 85.3 Å². The summed E-state index contributed by atoms with van der Waals surface area (Å²) in [4.78, 5) is 44.6. The van der Waals surface area contributed by atoms with Gasteiger partial charge in [-0.2, -0.15) is 0 Å². The van der Waals surface area contributed by atoms with Gasteiger partial charge in [-0.3, -0.25) is 24.6 Å². The van der Waals surface area contributed by atoms with Gasteiger partial charge in [0.2, 0.25) is 18.2 Å². The average Bonchev–Trinajstić information content (AvgIpc) is 2.72. The lowest BCUT2D eigenvalue weighted by Crippen LogP contribution is -2.45. The molecule has 0 radical (unpaired) electrons. The maximum atomic E-state index is 12.1. The molecule has 0 aliphatic rings. The first-order chi connectivity index (χ1) is 14.9. The van der Waals surface area contributed by atoms with Gasteiger partial charge in [0.1, 0.15) is 6.29 Å². The van der Waals surface area contributed by atoms with Crippen LogP contribution in [0.2, 0.25) is 0 Å². The van der Waals surface area contributed by atoms with Gasteiger partial charge in [-0.1, -0.05) is 27.2 Å². The van der Waals surface area contributed by atoms with Crippen molar-refractivity contribution in [3.05, 3.63) is 12.2 Å². The molecule has 0 aromatic rings. The van der Waals surface area contributed by atoms with Crippen molar-refractivity contribution in [1.29, 1.82) is 0 Å². The molecule has 0 aliphatic heterocycles. The second-order valence-electron chi connectivity index (χ2n) is 8.06. The van der Waals surface area contributed by atoms with Crippen LogP contribution in [-0.2, 0) is 23.9 Å². The molecule has 9 heteroatoms. The molecule has 0 aromatic carbocycles. The molecule has 32 heavy (non-hydrogen) atoms.